The van der Waals surface area contributed by atoms with Gasteiger partial charge in [-0.3, -0.25) is 10.2 Å². The molecule has 0 fully saturated rings. The van der Waals surface area contributed by atoms with Crippen LogP contribution in [-0.2, 0) is 7.05 Å². The molecule has 2 rings (SSSR count). The molecule has 2 heterocycles. The molecule has 0 saturated heterocycles. The third-order valence-corrected chi connectivity index (χ3v) is 2.25. The molecule has 12 heavy (non-hydrogen) atoms. The van der Waals surface area contributed by atoms with E-state index >= 15 is 0 Å². The molecule has 2 aromatic heterocycles. The Morgan fingerprint density at radius 1 is 1.33 bits per heavy atom. The summed E-state index contributed by atoms with van der Waals surface area (Å²) < 4.78 is 3.05. The van der Waals surface area contributed by atoms with Crippen molar-refractivity contribution in [3.05, 3.63) is 15.6 Å². The predicted molar refractivity (Wildman–Crippen MR) is 51.1 cm³/mol. The molecule has 6 heteroatoms. The van der Waals surface area contributed by atoms with Crippen molar-refractivity contribution < 1.29 is 0 Å². The van der Waals surface area contributed by atoms with E-state index in [-0.39, 0.29) is 0 Å². The van der Waals surface area contributed by atoms with Gasteiger partial charge in [-0.25, -0.2) is 4.98 Å². The predicted octanol–water partition coefficient (Wildman–Crippen LogP) is 1.69. The molecule has 0 aliphatic carbocycles. The zero-order valence-corrected chi connectivity index (χ0v) is 7.92. The Labute approximate surface area is 78.2 Å². The van der Waals surface area contributed by atoms with Crippen molar-refractivity contribution in [2.75, 3.05) is 0 Å². The van der Waals surface area contributed by atoms with Crippen molar-refractivity contribution in [2.24, 2.45) is 7.05 Å². The SMILES string of the molecule is Cn1cnc2c(=S)[nH][nH]c(=S)c21. The van der Waals surface area contributed by atoms with Gasteiger partial charge in [-0.2, -0.15) is 0 Å². The summed E-state index contributed by atoms with van der Waals surface area (Å²) in [5.74, 6) is 0. The van der Waals surface area contributed by atoms with Crippen LogP contribution in [0.15, 0.2) is 6.33 Å². The van der Waals surface area contributed by atoms with Crippen LogP contribution in [0.5, 0.6) is 0 Å². The molecule has 0 aliphatic heterocycles. The number of hydrogen-bond acceptors (Lipinski definition) is 3. The van der Waals surface area contributed by atoms with Crippen molar-refractivity contribution in [1.82, 2.24) is 19.7 Å². The Morgan fingerprint density at radius 3 is 2.67 bits per heavy atom. The molecule has 0 atom stereocenters. The van der Waals surface area contributed by atoms with E-state index in [9.17, 15) is 0 Å². The van der Waals surface area contributed by atoms with Crippen molar-refractivity contribution in [3.8, 4) is 0 Å². The lowest BCUT2D eigenvalue weighted by molar-refractivity contribution is 0.933. The van der Waals surface area contributed by atoms with Crippen LogP contribution in [0.25, 0.3) is 11.0 Å². The average Bonchev–Trinajstić information content (AvgIpc) is 2.42. The fraction of sp³-hybridized carbons (Fsp3) is 0.167. The van der Waals surface area contributed by atoms with Crippen molar-refractivity contribution in [1.29, 1.82) is 0 Å². The zero-order chi connectivity index (χ0) is 8.72. The van der Waals surface area contributed by atoms with Gasteiger partial charge < -0.3 is 4.57 Å². The summed E-state index contributed by atoms with van der Waals surface area (Å²) in [5, 5.41) is 5.56. The van der Waals surface area contributed by atoms with Crippen LogP contribution in [0.3, 0.4) is 0 Å². The minimum Gasteiger partial charge on any atom is -0.331 e. The maximum atomic E-state index is 5.06. The fourth-order valence-corrected chi connectivity index (χ4v) is 1.59. The van der Waals surface area contributed by atoms with Gasteiger partial charge in [-0.05, 0) is 0 Å². The summed E-state index contributed by atoms with van der Waals surface area (Å²) >= 11 is 10.1. The first-order chi connectivity index (χ1) is 5.70. The van der Waals surface area contributed by atoms with Gasteiger partial charge in [0.15, 0.2) is 0 Å². The van der Waals surface area contributed by atoms with E-state index in [0.717, 1.165) is 11.0 Å². The Balaban J connectivity index is 3.20. The number of rotatable bonds is 0. The monoisotopic (exact) mass is 198 g/mol. The fourth-order valence-electron chi connectivity index (χ4n) is 1.10. The molecular weight excluding hydrogens is 192 g/mol. The van der Waals surface area contributed by atoms with E-state index in [4.69, 9.17) is 24.4 Å². The number of aryl methyl sites for hydroxylation is 1. The van der Waals surface area contributed by atoms with Gasteiger partial charge in [0.1, 0.15) is 20.3 Å². The van der Waals surface area contributed by atoms with Crippen LogP contribution in [0, 0.1) is 9.28 Å². The Bertz CT molecular complexity index is 532. The van der Waals surface area contributed by atoms with Gasteiger partial charge in [0.05, 0.1) is 6.33 Å². The highest BCUT2D eigenvalue weighted by Crippen LogP contribution is 2.10. The molecule has 62 valence electrons. The number of nitrogens with zero attached hydrogens (tertiary/aromatic N) is 2. The number of nitrogens with one attached hydrogen (secondary N) is 2. The summed E-state index contributed by atoms with van der Waals surface area (Å²) in [4.78, 5) is 4.12. The largest absolute Gasteiger partial charge is 0.331 e. The van der Waals surface area contributed by atoms with Crippen molar-refractivity contribution >= 4 is 35.5 Å². The number of aromatic nitrogens is 4. The number of fused-ring (bicyclic) bond motifs is 1. The summed E-state index contributed by atoms with van der Waals surface area (Å²) in [6.45, 7) is 0. The molecule has 0 unspecified atom stereocenters. The standard InChI is InChI=1S/C6H6N4S2/c1-10-2-7-3-4(10)6(12)9-8-5(3)11/h2H,1H3,(H,8,11)(H,9,12). The second kappa shape index (κ2) is 2.49. The first-order valence-electron chi connectivity index (χ1n) is 3.32. The second-order valence-electron chi connectivity index (χ2n) is 2.46. The molecule has 0 radical (unpaired) electrons. The highest BCUT2D eigenvalue weighted by atomic mass is 32.1. The minimum absolute atomic E-state index is 0.583. The topological polar surface area (TPSA) is 49.4 Å². The maximum absolute atomic E-state index is 5.06. The van der Waals surface area contributed by atoms with E-state index in [1.165, 1.54) is 0 Å². The van der Waals surface area contributed by atoms with Crippen LogP contribution in [0.1, 0.15) is 0 Å². The van der Waals surface area contributed by atoms with E-state index in [0.29, 0.717) is 9.28 Å². The zero-order valence-electron chi connectivity index (χ0n) is 6.29. The summed E-state index contributed by atoms with van der Waals surface area (Å²) in [7, 11) is 1.88. The number of aromatic amines is 2. The third-order valence-electron chi connectivity index (χ3n) is 1.66. The van der Waals surface area contributed by atoms with Crippen LogP contribution in [-0.4, -0.2) is 19.7 Å². The molecule has 0 amide bonds. The van der Waals surface area contributed by atoms with Crippen LogP contribution >= 0.6 is 24.4 Å². The molecule has 0 aromatic carbocycles. The van der Waals surface area contributed by atoms with Gasteiger partial charge in [-0.1, -0.05) is 24.4 Å². The number of imidazole rings is 1. The Kier molecular flexibility index (Phi) is 1.59. The maximum Gasteiger partial charge on any atom is 0.146 e. The highest BCUT2D eigenvalue weighted by Gasteiger charge is 2.01. The summed E-state index contributed by atoms with van der Waals surface area (Å²) in [6.07, 6.45) is 1.69. The molecule has 0 bridgehead atoms. The van der Waals surface area contributed by atoms with Gasteiger partial charge in [-0.15, -0.1) is 0 Å². The van der Waals surface area contributed by atoms with E-state index < -0.39 is 0 Å². The molecule has 2 aromatic rings. The minimum atomic E-state index is 0.583. The van der Waals surface area contributed by atoms with Crippen molar-refractivity contribution in [2.45, 2.75) is 0 Å². The lowest BCUT2D eigenvalue weighted by Gasteiger charge is -1.93. The lowest BCUT2D eigenvalue weighted by Crippen LogP contribution is -1.89. The normalized spacial score (nSPS) is 10.8. The first kappa shape index (κ1) is 7.63. The van der Waals surface area contributed by atoms with Gasteiger partial charge >= 0.3 is 0 Å². The van der Waals surface area contributed by atoms with E-state index in [1.54, 1.807) is 6.33 Å². The smallest absolute Gasteiger partial charge is 0.146 e. The molecule has 4 nitrogen and oxygen atoms in total. The van der Waals surface area contributed by atoms with Gasteiger partial charge in [0.25, 0.3) is 0 Å². The number of H-pyrrole nitrogens is 2. The van der Waals surface area contributed by atoms with Crippen LogP contribution in [0.4, 0.5) is 0 Å². The van der Waals surface area contributed by atoms with E-state index in [1.807, 2.05) is 11.6 Å². The molecule has 2 N–H and O–H groups in total. The molecule has 0 aliphatic rings. The van der Waals surface area contributed by atoms with E-state index in [2.05, 4.69) is 15.2 Å². The van der Waals surface area contributed by atoms with Crippen LogP contribution < -0.4 is 0 Å². The second-order valence-corrected chi connectivity index (χ2v) is 3.28. The third kappa shape index (κ3) is 0.919. The average molecular weight is 198 g/mol. The Hall–Kier alpha value is -1.01. The highest BCUT2D eigenvalue weighted by molar-refractivity contribution is 7.72. The Morgan fingerprint density at radius 2 is 2.00 bits per heavy atom. The number of hydrogen-bond donors (Lipinski definition) is 2. The van der Waals surface area contributed by atoms with Crippen molar-refractivity contribution in [3.63, 3.8) is 0 Å². The molecule has 0 saturated carbocycles. The first-order valence-corrected chi connectivity index (χ1v) is 4.14. The molecular formula is C6H6N4S2. The quantitative estimate of drug-likeness (QED) is 0.633. The molecule has 0 spiro atoms. The summed E-state index contributed by atoms with van der Waals surface area (Å²) in [5.41, 5.74) is 1.62. The van der Waals surface area contributed by atoms with Gasteiger partial charge in [0, 0.05) is 7.05 Å². The summed E-state index contributed by atoms with van der Waals surface area (Å²) in [6, 6.07) is 0. The van der Waals surface area contributed by atoms with Crippen LogP contribution in [0.2, 0.25) is 0 Å². The van der Waals surface area contributed by atoms with Gasteiger partial charge in [0.2, 0.25) is 0 Å². The lowest BCUT2D eigenvalue weighted by atomic mass is 10.5.